The first-order valence-electron chi connectivity index (χ1n) is 41.5. The summed E-state index contributed by atoms with van der Waals surface area (Å²) >= 11 is 0. The first kappa shape index (κ1) is 87.0. The molecule has 2 heteroatoms. The summed E-state index contributed by atoms with van der Waals surface area (Å²) in [7, 11) is 0. The van der Waals surface area contributed by atoms with E-state index in [1.807, 2.05) is 0 Å². The molecule has 0 bridgehead atoms. The summed E-state index contributed by atoms with van der Waals surface area (Å²) in [5.41, 5.74) is 0. The molecule has 0 rings (SSSR count). The van der Waals surface area contributed by atoms with E-state index in [9.17, 15) is 0 Å². The van der Waals surface area contributed by atoms with Crippen molar-refractivity contribution in [3.05, 3.63) is 0 Å². The topological polar surface area (TPSA) is 40.5 Å². The molecule has 0 aliphatic rings. The molecule has 0 aliphatic carbocycles. The second-order valence-electron chi connectivity index (χ2n) is 28.7. The van der Waals surface area contributed by atoms with E-state index in [-0.39, 0.29) is 0 Å². The predicted octanol–water partition coefficient (Wildman–Crippen LogP) is 30.8. The van der Waals surface area contributed by atoms with Crippen molar-refractivity contribution in [2.75, 3.05) is 13.2 Å². The summed E-state index contributed by atoms with van der Waals surface area (Å²) in [5, 5.41) is 17.5. The van der Waals surface area contributed by atoms with Crippen molar-refractivity contribution in [2.45, 2.75) is 521 Å². The first-order valence-corrected chi connectivity index (χ1v) is 41.5. The lowest BCUT2D eigenvalue weighted by Gasteiger charge is -2.05. The Morgan fingerprint density at radius 2 is 0.153 bits per heavy atom. The van der Waals surface area contributed by atoms with Crippen LogP contribution in [-0.4, -0.2) is 23.4 Å². The van der Waals surface area contributed by atoms with Crippen LogP contribution < -0.4 is 0 Å². The number of unbranched alkanes of at least 4 members (excludes halogenated alkanes) is 77. The molecule has 0 saturated carbocycles. The third-order valence-electron chi connectivity index (χ3n) is 19.8. The van der Waals surface area contributed by atoms with E-state index < -0.39 is 0 Å². The predicted molar refractivity (Wildman–Crippen MR) is 390 cm³/mol. The van der Waals surface area contributed by atoms with Crippen molar-refractivity contribution in [2.24, 2.45) is 0 Å². The van der Waals surface area contributed by atoms with E-state index in [1.54, 1.807) is 0 Å². The van der Waals surface area contributed by atoms with Crippen LogP contribution in [0.3, 0.4) is 0 Å². The molecule has 0 aromatic rings. The lowest BCUT2D eigenvalue weighted by molar-refractivity contribution is 0.282. The highest BCUT2D eigenvalue weighted by Gasteiger charge is 2.02. The summed E-state index contributed by atoms with van der Waals surface area (Å²) in [6, 6.07) is 0. The normalized spacial score (nSPS) is 11.6. The Bertz CT molecular complexity index is 961. The van der Waals surface area contributed by atoms with Crippen molar-refractivity contribution >= 4 is 0 Å². The average Bonchev–Trinajstić information content (AvgIpc) is 3.51. The monoisotopic (exact) mass is 1200 g/mol. The summed E-state index contributed by atoms with van der Waals surface area (Å²) in [6.07, 6.45) is 115. The maximum atomic E-state index is 8.83. The molecule has 0 unspecified atom stereocenters. The maximum absolute atomic E-state index is 8.83. The molecule has 0 aromatic carbocycles. The average molecular weight is 1200 g/mol. The van der Waals surface area contributed by atoms with Gasteiger partial charge in [0.25, 0.3) is 0 Å². The third-order valence-corrected chi connectivity index (χ3v) is 19.8. The van der Waals surface area contributed by atoms with Gasteiger partial charge in [-0.05, 0) is 12.8 Å². The third kappa shape index (κ3) is 90.4. The molecule has 0 spiro atoms. The molecule has 0 fully saturated rings. The minimum atomic E-state index is 0.374. The van der Waals surface area contributed by atoms with E-state index in [2.05, 4.69) is 13.8 Å². The number of hydrogen-bond acceptors (Lipinski definition) is 2. The van der Waals surface area contributed by atoms with Crippen LogP contribution in [0.4, 0.5) is 0 Å². The van der Waals surface area contributed by atoms with Crippen molar-refractivity contribution in [3.8, 4) is 0 Å². The number of aliphatic hydroxyl groups is 2. The van der Waals surface area contributed by atoms with Crippen LogP contribution in [0.2, 0.25) is 0 Å². The van der Waals surface area contributed by atoms with E-state index >= 15 is 0 Å². The van der Waals surface area contributed by atoms with Crippen molar-refractivity contribution in [1.82, 2.24) is 0 Å². The van der Waals surface area contributed by atoms with E-state index in [0.29, 0.717) is 13.2 Å². The Labute approximate surface area is 541 Å². The van der Waals surface area contributed by atoms with Gasteiger partial charge in [-0.15, -0.1) is 0 Å². The molecular formula is C83H170O2. The van der Waals surface area contributed by atoms with E-state index in [1.165, 1.54) is 494 Å². The molecule has 0 atom stereocenters. The molecule has 514 valence electrons. The molecule has 0 aromatic heterocycles. The van der Waals surface area contributed by atoms with Gasteiger partial charge < -0.3 is 10.2 Å². The van der Waals surface area contributed by atoms with Crippen LogP contribution >= 0.6 is 0 Å². The van der Waals surface area contributed by atoms with Crippen LogP contribution in [0.5, 0.6) is 0 Å². The van der Waals surface area contributed by atoms with Gasteiger partial charge in [-0.1, -0.05) is 508 Å². The Kier molecular flexibility index (Phi) is 90.2. The highest BCUT2D eigenvalue weighted by atomic mass is 16.3. The lowest BCUT2D eigenvalue weighted by Crippen LogP contribution is -1.85. The summed E-state index contributed by atoms with van der Waals surface area (Å²) in [5.74, 6) is 0. The molecule has 0 aliphatic heterocycles. The fraction of sp³-hybridized carbons (Fsp3) is 1.00. The largest absolute Gasteiger partial charge is 0.396 e. The molecule has 85 heavy (non-hydrogen) atoms. The van der Waals surface area contributed by atoms with Gasteiger partial charge in [-0.25, -0.2) is 0 Å². The van der Waals surface area contributed by atoms with Gasteiger partial charge in [0.05, 0.1) is 0 Å². The lowest BCUT2D eigenvalue weighted by atomic mass is 10.0. The SMILES string of the molecule is CCCCCCCCCCCCCCCCCCCCCCCCCCCCCCCCCCCCCCCCCCCCCCCCCCCCCCCCCCCCO.CCCCCCCCCCCCCCCCCCCCCCCO. The summed E-state index contributed by atoms with van der Waals surface area (Å²) in [4.78, 5) is 0. The quantitative estimate of drug-likeness (QED) is 0.0596. The summed E-state index contributed by atoms with van der Waals surface area (Å²) < 4.78 is 0. The second-order valence-corrected chi connectivity index (χ2v) is 28.7. The molecule has 0 amide bonds. The Morgan fingerprint density at radius 3 is 0.212 bits per heavy atom. The van der Waals surface area contributed by atoms with E-state index in [0.717, 1.165) is 12.8 Å². The molecule has 2 nitrogen and oxygen atoms in total. The molecular weight excluding hydrogens is 1030 g/mol. The van der Waals surface area contributed by atoms with Gasteiger partial charge in [0, 0.05) is 13.2 Å². The Balaban J connectivity index is 0. The smallest absolute Gasteiger partial charge is 0.0431 e. The van der Waals surface area contributed by atoms with Crippen LogP contribution in [0.1, 0.15) is 521 Å². The fourth-order valence-electron chi connectivity index (χ4n) is 13.6. The van der Waals surface area contributed by atoms with Crippen molar-refractivity contribution < 1.29 is 10.2 Å². The first-order chi connectivity index (χ1) is 42.3. The second kappa shape index (κ2) is 88.1. The van der Waals surface area contributed by atoms with Crippen LogP contribution in [-0.2, 0) is 0 Å². The van der Waals surface area contributed by atoms with Gasteiger partial charge in [-0.2, -0.15) is 0 Å². The highest BCUT2D eigenvalue weighted by Crippen LogP contribution is 2.21. The molecule has 0 heterocycles. The Morgan fingerprint density at radius 1 is 0.0941 bits per heavy atom. The van der Waals surface area contributed by atoms with Crippen LogP contribution in [0.15, 0.2) is 0 Å². The van der Waals surface area contributed by atoms with Crippen LogP contribution in [0, 0.1) is 0 Å². The number of aliphatic hydroxyl groups excluding tert-OH is 2. The van der Waals surface area contributed by atoms with Crippen LogP contribution in [0.25, 0.3) is 0 Å². The van der Waals surface area contributed by atoms with Gasteiger partial charge in [0.15, 0.2) is 0 Å². The van der Waals surface area contributed by atoms with Gasteiger partial charge in [0.1, 0.15) is 0 Å². The minimum absolute atomic E-state index is 0.374. The summed E-state index contributed by atoms with van der Waals surface area (Å²) in [6.45, 7) is 5.36. The zero-order chi connectivity index (χ0) is 61.3. The van der Waals surface area contributed by atoms with Crippen molar-refractivity contribution in [1.29, 1.82) is 0 Å². The van der Waals surface area contributed by atoms with Gasteiger partial charge >= 0.3 is 0 Å². The highest BCUT2D eigenvalue weighted by molar-refractivity contribution is 4.57. The zero-order valence-corrected chi connectivity index (χ0v) is 60.2. The standard InChI is InChI=1S/C60H122O.C23H48O/c1-2-3-4-5-6-7-8-9-10-11-12-13-14-15-16-17-18-19-20-21-22-23-24-25-26-27-28-29-30-31-32-33-34-35-36-37-38-39-40-41-42-43-44-45-46-47-48-49-50-51-52-53-54-55-56-57-58-59-60-61;1-2-3-4-5-6-7-8-9-10-11-12-13-14-15-16-17-18-19-20-21-22-23-24/h61H,2-60H2,1H3;24H,2-23H2,1H3. The van der Waals surface area contributed by atoms with Crippen molar-refractivity contribution in [3.63, 3.8) is 0 Å². The maximum Gasteiger partial charge on any atom is 0.0431 e. The Hall–Kier alpha value is -0.0800. The number of rotatable bonds is 79. The van der Waals surface area contributed by atoms with Gasteiger partial charge in [-0.3, -0.25) is 0 Å². The van der Waals surface area contributed by atoms with Gasteiger partial charge in [0.2, 0.25) is 0 Å². The minimum Gasteiger partial charge on any atom is -0.396 e. The zero-order valence-electron chi connectivity index (χ0n) is 60.2. The number of hydrogen-bond donors (Lipinski definition) is 2. The fourth-order valence-corrected chi connectivity index (χ4v) is 13.6. The molecule has 2 N–H and O–H groups in total. The molecule has 0 radical (unpaired) electrons. The van der Waals surface area contributed by atoms with E-state index in [4.69, 9.17) is 10.2 Å². The molecule has 0 saturated heterocycles.